The van der Waals surface area contributed by atoms with E-state index >= 15 is 0 Å². The minimum atomic E-state index is -0.518. The van der Waals surface area contributed by atoms with Gasteiger partial charge in [-0.2, -0.15) is 11.3 Å². The molecule has 0 radical (unpaired) electrons. The summed E-state index contributed by atoms with van der Waals surface area (Å²) in [7, 11) is 3.03. The standard InChI is InChI=1S/C14H14N2O4S/c1-15(8-10-5-6-21-9-10)13-7-11(14(17)20-2)3-4-12(13)16(18)19/h3-7,9H,8H2,1-2H3. The Labute approximate surface area is 125 Å². The number of nitro groups is 1. The number of anilines is 1. The van der Waals surface area contributed by atoms with E-state index in [1.807, 2.05) is 16.8 Å². The van der Waals surface area contributed by atoms with E-state index in [-0.39, 0.29) is 11.3 Å². The molecule has 0 atom stereocenters. The number of ether oxygens (including phenoxy) is 1. The Balaban J connectivity index is 2.37. The number of hydrogen-bond acceptors (Lipinski definition) is 6. The lowest BCUT2D eigenvalue weighted by Gasteiger charge is -2.19. The Bertz CT molecular complexity index is 655. The van der Waals surface area contributed by atoms with Crippen molar-refractivity contribution < 1.29 is 14.5 Å². The zero-order valence-electron chi connectivity index (χ0n) is 11.6. The number of thiophene rings is 1. The number of rotatable bonds is 5. The fraction of sp³-hybridized carbons (Fsp3) is 0.214. The smallest absolute Gasteiger partial charge is 0.337 e. The summed E-state index contributed by atoms with van der Waals surface area (Å²) in [4.78, 5) is 24.0. The average Bonchev–Trinajstić information content (AvgIpc) is 2.98. The average molecular weight is 306 g/mol. The van der Waals surface area contributed by atoms with Gasteiger partial charge in [-0.15, -0.1) is 0 Å². The first kappa shape index (κ1) is 15.0. The molecule has 1 aromatic heterocycles. The third-order valence-electron chi connectivity index (χ3n) is 3.00. The van der Waals surface area contributed by atoms with Gasteiger partial charge in [-0.3, -0.25) is 10.1 Å². The van der Waals surface area contributed by atoms with Crippen molar-refractivity contribution in [1.82, 2.24) is 0 Å². The molecule has 6 nitrogen and oxygen atoms in total. The van der Waals surface area contributed by atoms with Gasteiger partial charge < -0.3 is 9.64 Å². The Hall–Kier alpha value is -2.41. The molecule has 21 heavy (non-hydrogen) atoms. The van der Waals surface area contributed by atoms with Crippen LogP contribution in [0, 0.1) is 10.1 Å². The van der Waals surface area contributed by atoms with Gasteiger partial charge in [0.25, 0.3) is 5.69 Å². The number of hydrogen-bond donors (Lipinski definition) is 0. The zero-order chi connectivity index (χ0) is 15.4. The molecule has 7 heteroatoms. The first-order valence-corrected chi connectivity index (χ1v) is 7.06. The number of nitro benzene ring substituents is 1. The van der Waals surface area contributed by atoms with Gasteiger partial charge in [0.05, 0.1) is 17.6 Å². The predicted molar refractivity (Wildman–Crippen MR) is 80.9 cm³/mol. The van der Waals surface area contributed by atoms with Crippen LogP contribution in [0.15, 0.2) is 35.0 Å². The van der Waals surface area contributed by atoms with Gasteiger partial charge in [0.1, 0.15) is 5.69 Å². The van der Waals surface area contributed by atoms with Crippen LogP contribution in [0.5, 0.6) is 0 Å². The summed E-state index contributed by atoms with van der Waals surface area (Å²) < 4.78 is 4.65. The van der Waals surface area contributed by atoms with Crippen molar-refractivity contribution >= 4 is 28.7 Å². The van der Waals surface area contributed by atoms with Crippen molar-refractivity contribution in [3.05, 3.63) is 56.3 Å². The van der Waals surface area contributed by atoms with E-state index in [1.165, 1.54) is 25.3 Å². The highest BCUT2D eigenvalue weighted by Crippen LogP contribution is 2.30. The number of methoxy groups -OCH3 is 1. The predicted octanol–water partition coefficient (Wildman–Crippen LogP) is 3.08. The van der Waals surface area contributed by atoms with Crippen LogP contribution in [0.3, 0.4) is 0 Å². The van der Waals surface area contributed by atoms with Crippen LogP contribution in [0.4, 0.5) is 11.4 Å². The maximum absolute atomic E-state index is 11.6. The van der Waals surface area contributed by atoms with E-state index in [0.717, 1.165) is 5.56 Å². The molecule has 2 rings (SSSR count). The molecule has 0 aliphatic heterocycles. The first-order chi connectivity index (χ1) is 10.0. The fourth-order valence-electron chi connectivity index (χ4n) is 1.97. The highest BCUT2D eigenvalue weighted by molar-refractivity contribution is 7.07. The quantitative estimate of drug-likeness (QED) is 0.482. The minimum Gasteiger partial charge on any atom is -0.465 e. The topological polar surface area (TPSA) is 72.7 Å². The molecule has 0 amide bonds. The van der Waals surface area contributed by atoms with Crippen LogP contribution in [-0.2, 0) is 11.3 Å². The van der Waals surface area contributed by atoms with Gasteiger partial charge in [0, 0.05) is 19.7 Å². The summed E-state index contributed by atoms with van der Waals surface area (Å²) in [5.74, 6) is -0.518. The second-order valence-corrected chi connectivity index (χ2v) is 5.22. The molecular formula is C14H14N2O4S. The lowest BCUT2D eigenvalue weighted by atomic mass is 10.1. The Morgan fingerprint density at radius 2 is 2.19 bits per heavy atom. The minimum absolute atomic E-state index is 0.0413. The number of carbonyl (C=O) groups is 1. The van der Waals surface area contributed by atoms with E-state index in [0.29, 0.717) is 12.2 Å². The van der Waals surface area contributed by atoms with Gasteiger partial charge in [-0.25, -0.2) is 4.79 Å². The third-order valence-corrected chi connectivity index (χ3v) is 3.74. The summed E-state index contributed by atoms with van der Waals surface area (Å²) in [6.07, 6.45) is 0. The van der Waals surface area contributed by atoms with Crippen molar-refractivity contribution in [3.8, 4) is 0 Å². The molecule has 0 N–H and O–H groups in total. The summed E-state index contributed by atoms with van der Waals surface area (Å²) in [5.41, 5.74) is 1.69. The van der Waals surface area contributed by atoms with E-state index in [2.05, 4.69) is 4.74 Å². The Morgan fingerprint density at radius 3 is 2.76 bits per heavy atom. The highest BCUT2D eigenvalue weighted by atomic mass is 32.1. The molecular weight excluding hydrogens is 292 g/mol. The molecule has 2 aromatic rings. The lowest BCUT2D eigenvalue weighted by Crippen LogP contribution is -2.18. The van der Waals surface area contributed by atoms with Crippen molar-refractivity contribution in [1.29, 1.82) is 0 Å². The second-order valence-electron chi connectivity index (χ2n) is 4.44. The molecule has 0 saturated carbocycles. The molecule has 0 fully saturated rings. The van der Waals surface area contributed by atoms with E-state index in [1.54, 1.807) is 23.3 Å². The van der Waals surface area contributed by atoms with Gasteiger partial charge in [0.15, 0.2) is 0 Å². The molecule has 1 aromatic carbocycles. The van der Waals surface area contributed by atoms with Gasteiger partial charge in [-0.1, -0.05) is 0 Å². The molecule has 0 spiro atoms. The molecule has 0 saturated heterocycles. The van der Waals surface area contributed by atoms with Crippen molar-refractivity contribution in [3.63, 3.8) is 0 Å². The number of esters is 1. The van der Waals surface area contributed by atoms with Crippen LogP contribution < -0.4 is 4.90 Å². The second kappa shape index (κ2) is 6.36. The normalized spacial score (nSPS) is 10.2. The first-order valence-electron chi connectivity index (χ1n) is 6.12. The molecule has 1 heterocycles. The number of nitrogens with zero attached hydrogens (tertiary/aromatic N) is 2. The molecule has 0 aliphatic carbocycles. The molecule has 0 bridgehead atoms. The third kappa shape index (κ3) is 3.38. The highest BCUT2D eigenvalue weighted by Gasteiger charge is 2.20. The van der Waals surface area contributed by atoms with Crippen LogP contribution in [0.25, 0.3) is 0 Å². The molecule has 0 unspecified atom stereocenters. The van der Waals surface area contributed by atoms with Crippen molar-refractivity contribution in [2.45, 2.75) is 6.54 Å². The van der Waals surface area contributed by atoms with Gasteiger partial charge in [-0.05, 0) is 34.5 Å². The van der Waals surface area contributed by atoms with Crippen molar-refractivity contribution in [2.75, 3.05) is 19.1 Å². The Kier molecular flexibility index (Phi) is 4.54. The molecule has 110 valence electrons. The number of carbonyl (C=O) groups excluding carboxylic acids is 1. The molecule has 0 aliphatic rings. The largest absolute Gasteiger partial charge is 0.465 e. The van der Waals surface area contributed by atoms with E-state index in [4.69, 9.17) is 0 Å². The van der Waals surface area contributed by atoms with E-state index in [9.17, 15) is 14.9 Å². The Morgan fingerprint density at radius 1 is 1.43 bits per heavy atom. The summed E-state index contributed by atoms with van der Waals surface area (Å²) in [5, 5.41) is 15.1. The summed E-state index contributed by atoms with van der Waals surface area (Å²) in [6, 6.07) is 6.16. The maximum Gasteiger partial charge on any atom is 0.337 e. The van der Waals surface area contributed by atoms with Crippen LogP contribution in [0.1, 0.15) is 15.9 Å². The summed E-state index contributed by atoms with van der Waals surface area (Å²) >= 11 is 1.56. The van der Waals surface area contributed by atoms with Crippen molar-refractivity contribution in [2.24, 2.45) is 0 Å². The summed E-state index contributed by atoms with van der Waals surface area (Å²) in [6.45, 7) is 0.523. The fourth-order valence-corrected chi connectivity index (χ4v) is 2.63. The van der Waals surface area contributed by atoms with Crippen LogP contribution in [0.2, 0.25) is 0 Å². The monoisotopic (exact) mass is 306 g/mol. The number of benzene rings is 1. The lowest BCUT2D eigenvalue weighted by molar-refractivity contribution is -0.384. The van der Waals surface area contributed by atoms with Crippen LogP contribution >= 0.6 is 11.3 Å². The van der Waals surface area contributed by atoms with E-state index < -0.39 is 10.9 Å². The zero-order valence-corrected chi connectivity index (χ0v) is 12.4. The maximum atomic E-state index is 11.6. The van der Waals surface area contributed by atoms with Gasteiger partial charge in [0.2, 0.25) is 0 Å². The van der Waals surface area contributed by atoms with Gasteiger partial charge >= 0.3 is 5.97 Å². The van der Waals surface area contributed by atoms with Crippen LogP contribution in [-0.4, -0.2) is 25.1 Å². The SMILES string of the molecule is COC(=O)c1ccc([N+](=O)[O-])c(N(C)Cc2ccsc2)c1.